The van der Waals surface area contributed by atoms with Crippen molar-refractivity contribution < 1.29 is 9.59 Å². The zero-order chi connectivity index (χ0) is 21.9. The number of hydrogen-bond donors (Lipinski definition) is 0. The molecule has 2 fully saturated rings. The smallest absolute Gasteiger partial charge is 0.156 e. The number of hydrogen-bond acceptors (Lipinski definition) is 3. The van der Waals surface area contributed by atoms with Crippen molar-refractivity contribution in [2.45, 2.75) is 64.7 Å². The van der Waals surface area contributed by atoms with Gasteiger partial charge in [0.2, 0.25) is 0 Å². The zero-order valence-electron chi connectivity index (χ0n) is 19.4. The average molecular weight is 418 g/mol. The maximum atomic E-state index is 12.6. The van der Waals surface area contributed by atoms with Crippen molar-refractivity contribution in [3.8, 4) is 0 Å². The van der Waals surface area contributed by atoms with Gasteiger partial charge in [-0.15, -0.1) is 0 Å². The number of allylic oxidation sites excluding steroid dienone is 4. The van der Waals surface area contributed by atoms with E-state index in [9.17, 15) is 9.59 Å². The van der Waals surface area contributed by atoms with Crippen molar-refractivity contribution in [1.29, 1.82) is 0 Å². The lowest BCUT2D eigenvalue weighted by molar-refractivity contribution is -0.125. The molecule has 4 aliphatic carbocycles. The van der Waals surface area contributed by atoms with Crippen LogP contribution in [0.5, 0.6) is 0 Å². The summed E-state index contributed by atoms with van der Waals surface area (Å²) in [6.07, 6.45) is 8.93. The molecule has 0 N–H and O–H groups in total. The van der Waals surface area contributed by atoms with Gasteiger partial charge in [-0.1, -0.05) is 24.6 Å². The van der Waals surface area contributed by atoms with Gasteiger partial charge in [0.1, 0.15) is 5.78 Å². The van der Waals surface area contributed by atoms with Crippen LogP contribution in [0.4, 0.5) is 5.69 Å². The molecule has 0 heterocycles. The molecule has 3 nitrogen and oxygen atoms in total. The predicted molar refractivity (Wildman–Crippen MR) is 125 cm³/mol. The first-order valence-electron chi connectivity index (χ1n) is 12.0. The van der Waals surface area contributed by atoms with Crippen molar-refractivity contribution in [2.24, 2.45) is 23.2 Å². The van der Waals surface area contributed by atoms with E-state index in [1.807, 2.05) is 13.0 Å². The first-order valence-corrected chi connectivity index (χ1v) is 12.0. The normalized spacial score (nSPS) is 34.6. The Kier molecular flexibility index (Phi) is 4.99. The van der Waals surface area contributed by atoms with Crippen LogP contribution in [0.1, 0.15) is 70.3 Å². The van der Waals surface area contributed by atoms with E-state index in [0.29, 0.717) is 35.7 Å². The molecule has 2 saturated carbocycles. The van der Waals surface area contributed by atoms with Crippen LogP contribution < -0.4 is 4.90 Å². The van der Waals surface area contributed by atoms with Crippen molar-refractivity contribution in [1.82, 2.24) is 0 Å². The molecule has 0 amide bonds. The van der Waals surface area contributed by atoms with Crippen molar-refractivity contribution in [3.05, 3.63) is 52.6 Å². The number of carbonyl (C=O) groups excluding carboxylic acids is 2. The van der Waals surface area contributed by atoms with E-state index in [4.69, 9.17) is 0 Å². The Morgan fingerprint density at radius 1 is 1.03 bits per heavy atom. The Labute approximate surface area is 186 Å². The average Bonchev–Trinajstić information content (AvgIpc) is 3.10. The summed E-state index contributed by atoms with van der Waals surface area (Å²) >= 11 is 0. The van der Waals surface area contributed by atoms with Gasteiger partial charge in [-0.3, -0.25) is 9.59 Å². The molecule has 4 aliphatic rings. The predicted octanol–water partition coefficient (Wildman–Crippen LogP) is 5.86. The van der Waals surface area contributed by atoms with Gasteiger partial charge >= 0.3 is 0 Å². The third-order valence-electron chi connectivity index (χ3n) is 9.03. The molecule has 0 spiro atoms. The van der Waals surface area contributed by atoms with Gasteiger partial charge in [-0.2, -0.15) is 0 Å². The van der Waals surface area contributed by atoms with Crippen LogP contribution in [0, 0.1) is 23.2 Å². The Morgan fingerprint density at radius 3 is 2.45 bits per heavy atom. The summed E-state index contributed by atoms with van der Waals surface area (Å²) in [5, 5.41) is 0. The van der Waals surface area contributed by atoms with E-state index in [1.54, 1.807) is 5.57 Å². The highest BCUT2D eigenvalue weighted by Gasteiger charge is 2.57. The molecule has 31 heavy (non-hydrogen) atoms. The molecule has 1 aromatic rings. The number of nitrogens with zero attached hydrogens (tertiary/aromatic N) is 1. The van der Waals surface area contributed by atoms with Gasteiger partial charge in [-0.05, 0) is 97.6 Å². The van der Waals surface area contributed by atoms with E-state index in [1.165, 1.54) is 28.8 Å². The van der Waals surface area contributed by atoms with Crippen LogP contribution in [-0.2, 0) is 9.59 Å². The van der Waals surface area contributed by atoms with Gasteiger partial charge < -0.3 is 4.90 Å². The summed E-state index contributed by atoms with van der Waals surface area (Å²) < 4.78 is 0. The molecular weight excluding hydrogens is 382 g/mol. The molecular formula is C28H35NO2. The standard InChI is InChI=1S/C28H35NO2/c1-17(30)25-13-14-26-23-11-7-19-15-21(31)10-12-22(19)27(23)24(16-28(25,26)2)18-5-8-20(9-6-18)29(3)4/h5-6,8-9,15,23-26H,7,10-14,16H2,1-4H3. The van der Waals surface area contributed by atoms with Gasteiger partial charge in [0.25, 0.3) is 0 Å². The third kappa shape index (κ3) is 3.23. The van der Waals surface area contributed by atoms with E-state index in [2.05, 4.69) is 50.2 Å². The summed E-state index contributed by atoms with van der Waals surface area (Å²) in [6.45, 7) is 4.22. The first-order chi connectivity index (χ1) is 14.8. The fourth-order valence-corrected chi connectivity index (χ4v) is 7.63. The van der Waals surface area contributed by atoms with Gasteiger partial charge in [-0.25, -0.2) is 0 Å². The minimum absolute atomic E-state index is 0.0805. The van der Waals surface area contributed by atoms with Gasteiger partial charge in [0, 0.05) is 38.0 Å². The molecule has 164 valence electrons. The molecule has 0 aliphatic heterocycles. The van der Waals surface area contributed by atoms with Gasteiger partial charge in [0.15, 0.2) is 5.78 Å². The maximum Gasteiger partial charge on any atom is 0.156 e. The van der Waals surface area contributed by atoms with Crippen LogP contribution in [-0.4, -0.2) is 25.7 Å². The van der Waals surface area contributed by atoms with Crippen molar-refractivity contribution in [2.75, 3.05) is 19.0 Å². The van der Waals surface area contributed by atoms with Gasteiger partial charge in [0.05, 0.1) is 0 Å². The summed E-state index contributed by atoms with van der Waals surface area (Å²) in [5.74, 6) is 2.37. The third-order valence-corrected chi connectivity index (χ3v) is 9.03. The Bertz CT molecular complexity index is 983. The van der Waals surface area contributed by atoms with E-state index in [0.717, 1.165) is 32.1 Å². The second-order valence-electron chi connectivity index (χ2n) is 10.8. The van der Waals surface area contributed by atoms with Crippen LogP contribution in [0.25, 0.3) is 0 Å². The fourth-order valence-electron chi connectivity index (χ4n) is 7.63. The van der Waals surface area contributed by atoms with E-state index in [-0.39, 0.29) is 11.3 Å². The Balaban J connectivity index is 1.65. The lowest BCUT2D eigenvalue weighted by Crippen LogP contribution is -2.44. The molecule has 0 radical (unpaired) electrons. The summed E-state index contributed by atoms with van der Waals surface area (Å²) in [7, 11) is 4.16. The molecule has 0 aromatic heterocycles. The van der Waals surface area contributed by atoms with Crippen LogP contribution in [0.3, 0.4) is 0 Å². The molecule has 0 saturated heterocycles. The van der Waals surface area contributed by atoms with Crippen LogP contribution in [0.2, 0.25) is 0 Å². The summed E-state index contributed by atoms with van der Waals surface area (Å²) in [4.78, 5) is 26.9. The zero-order valence-corrected chi connectivity index (χ0v) is 19.4. The molecule has 5 unspecified atom stereocenters. The highest BCUT2D eigenvalue weighted by Crippen LogP contribution is 2.65. The lowest BCUT2D eigenvalue weighted by atomic mass is 9.51. The number of benzene rings is 1. The first kappa shape index (κ1) is 20.7. The maximum absolute atomic E-state index is 12.6. The molecule has 3 heteroatoms. The monoisotopic (exact) mass is 417 g/mol. The second-order valence-corrected chi connectivity index (χ2v) is 10.8. The quantitative estimate of drug-likeness (QED) is 0.618. The Hall–Kier alpha value is -2.16. The lowest BCUT2D eigenvalue weighted by Gasteiger charge is -2.52. The summed E-state index contributed by atoms with van der Waals surface area (Å²) in [6, 6.07) is 9.06. The second kappa shape index (κ2) is 7.46. The van der Waals surface area contributed by atoms with E-state index < -0.39 is 0 Å². The molecule has 1 aromatic carbocycles. The Morgan fingerprint density at radius 2 is 1.77 bits per heavy atom. The highest BCUT2D eigenvalue weighted by molar-refractivity contribution is 5.93. The topological polar surface area (TPSA) is 37.4 Å². The van der Waals surface area contributed by atoms with Crippen molar-refractivity contribution in [3.63, 3.8) is 0 Å². The van der Waals surface area contributed by atoms with E-state index >= 15 is 0 Å². The number of carbonyl (C=O) groups is 2. The molecule has 0 bridgehead atoms. The van der Waals surface area contributed by atoms with Crippen LogP contribution >= 0.6 is 0 Å². The number of Topliss-reactive ketones (excluding diaryl/α,β-unsaturated/α-hetero) is 1. The van der Waals surface area contributed by atoms with Crippen LogP contribution in [0.15, 0.2) is 47.1 Å². The minimum atomic E-state index is 0.0805. The number of anilines is 1. The molecule has 5 rings (SSSR count). The number of ketones is 2. The van der Waals surface area contributed by atoms with Crippen molar-refractivity contribution >= 4 is 17.3 Å². The largest absolute Gasteiger partial charge is 0.378 e. The highest BCUT2D eigenvalue weighted by atomic mass is 16.1. The summed E-state index contributed by atoms with van der Waals surface area (Å²) in [5.41, 5.74) is 7.09. The number of fused-ring (bicyclic) bond motifs is 4. The minimum Gasteiger partial charge on any atom is -0.378 e. The number of rotatable bonds is 3. The SMILES string of the molecule is CC(=O)C1CCC2C3CCC4=CC(=O)CCC4=C3C(c3ccc(N(C)C)cc3)CC12C. The molecule has 5 atom stereocenters. The fraction of sp³-hybridized carbons (Fsp3) is 0.571.